The first-order valence-electron chi connectivity index (χ1n) is 12.5. The van der Waals surface area contributed by atoms with Crippen LogP contribution in [0, 0.1) is 11.8 Å². The zero-order chi connectivity index (χ0) is 25.8. The largest absolute Gasteiger partial charge is 0.491 e. The highest BCUT2D eigenvalue weighted by molar-refractivity contribution is 5.99. The van der Waals surface area contributed by atoms with Crippen LogP contribution in [-0.2, 0) is 9.53 Å². The Hall–Kier alpha value is -3.39. The first-order valence-corrected chi connectivity index (χ1v) is 12.5. The molecule has 0 radical (unpaired) electrons. The number of carbonyl (C=O) groups excluding carboxylic acids is 3. The average Bonchev–Trinajstić information content (AvgIpc) is 3.74. The van der Waals surface area contributed by atoms with Crippen LogP contribution in [-0.4, -0.2) is 73.5 Å². The first kappa shape index (κ1) is 25.7. The number of benzene rings is 2. The molecule has 8 heteroatoms. The second-order valence-corrected chi connectivity index (χ2v) is 9.90. The van der Waals surface area contributed by atoms with Crippen LogP contribution in [0.25, 0.3) is 0 Å². The highest BCUT2D eigenvalue weighted by Gasteiger charge is 2.32. The maximum atomic E-state index is 13.5. The summed E-state index contributed by atoms with van der Waals surface area (Å²) in [6.07, 6.45) is 1.54. The Kier molecular flexibility index (Phi) is 7.94. The zero-order valence-electron chi connectivity index (χ0n) is 21.4. The molecule has 0 bridgehead atoms. The molecule has 1 aliphatic carbocycles. The number of amides is 3. The molecule has 36 heavy (non-hydrogen) atoms. The molecular weight excluding hydrogens is 458 g/mol. The van der Waals surface area contributed by atoms with E-state index in [-0.39, 0.29) is 48.3 Å². The third-order valence-electron chi connectivity index (χ3n) is 6.94. The van der Waals surface area contributed by atoms with Gasteiger partial charge in [-0.2, -0.15) is 0 Å². The minimum absolute atomic E-state index is 0.0172. The molecule has 192 valence electrons. The summed E-state index contributed by atoms with van der Waals surface area (Å²) in [4.78, 5) is 42.6. The van der Waals surface area contributed by atoms with Crippen LogP contribution in [0.2, 0.25) is 0 Å². The van der Waals surface area contributed by atoms with E-state index in [1.807, 2.05) is 36.9 Å². The van der Waals surface area contributed by atoms with E-state index in [1.165, 1.54) is 0 Å². The van der Waals surface area contributed by atoms with Crippen LogP contribution in [0.5, 0.6) is 5.75 Å². The minimum atomic E-state index is -0.275. The highest BCUT2D eigenvalue weighted by Crippen LogP contribution is 2.32. The number of carbonyl (C=O) groups is 3. The lowest BCUT2D eigenvalue weighted by Gasteiger charge is -2.36. The number of nitrogens with one attached hydrogen (secondary N) is 1. The van der Waals surface area contributed by atoms with Crippen LogP contribution in [0.1, 0.15) is 47.4 Å². The zero-order valence-corrected chi connectivity index (χ0v) is 21.4. The highest BCUT2D eigenvalue weighted by atomic mass is 16.5. The molecule has 8 nitrogen and oxygen atoms in total. The third-order valence-corrected chi connectivity index (χ3v) is 6.94. The van der Waals surface area contributed by atoms with Crippen LogP contribution in [0.3, 0.4) is 0 Å². The number of hydrogen-bond acceptors (Lipinski definition) is 5. The van der Waals surface area contributed by atoms with Gasteiger partial charge in [-0.1, -0.05) is 25.1 Å². The standard InChI is InChI=1S/C28H35N3O5/c1-18-15-31(27(33)21-8-6-5-7-9-21)19(2)17-36-24-14-22(29-26(32)20-10-11-20)12-13-23(24)28(34)30(3)16-25(18)35-4/h5-9,12-14,18-20,25H,10-11,15-17H2,1-4H3,(H,29,32)/t18-,19+,25+/m0/s1. The monoisotopic (exact) mass is 493 g/mol. The fourth-order valence-corrected chi connectivity index (χ4v) is 4.47. The molecule has 3 atom stereocenters. The van der Waals surface area contributed by atoms with E-state index in [0.717, 1.165) is 12.8 Å². The smallest absolute Gasteiger partial charge is 0.257 e. The Labute approximate surface area is 212 Å². The predicted molar refractivity (Wildman–Crippen MR) is 137 cm³/mol. The van der Waals surface area contributed by atoms with Crippen LogP contribution < -0.4 is 10.1 Å². The summed E-state index contributed by atoms with van der Waals surface area (Å²) in [5.41, 5.74) is 1.59. The van der Waals surface area contributed by atoms with Crippen molar-refractivity contribution in [3.63, 3.8) is 0 Å². The SMILES string of the molecule is CO[C@@H]1CN(C)C(=O)c2ccc(NC(=O)C3CC3)cc2OC[C@@H](C)N(C(=O)c2ccccc2)C[C@@H]1C. The molecule has 1 N–H and O–H groups in total. The quantitative estimate of drug-likeness (QED) is 0.702. The van der Waals surface area contributed by atoms with Crippen molar-refractivity contribution in [2.45, 2.75) is 38.8 Å². The van der Waals surface area contributed by atoms with Gasteiger partial charge in [-0.15, -0.1) is 0 Å². The van der Waals surface area contributed by atoms with Gasteiger partial charge in [-0.05, 0) is 44.0 Å². The number of methoxy groups -OCH3 is 1. The van der Waals surface area contributed by atoms with E-state index < -0.39 is 0 Å². The van der Waals surface area contributed by atoms with E-state index >= 15 is 0 Å². The summed E-state index contributed by atoms with van der Waals surface area (Å²) in [7, 11) is 3.36. The van der Waals surface area contributed by atoms with Gasteiger partial charge in [0, 0.05) is 56.4 Å². The van der Waals surface area contributed by atoms with Crippen molar-refractivity contribution in [1.29, 1.82) is 0 Å². The van der Waals surface area contributed by atoms with Gasteiger partial charge in [-0.25, -0.2) is 0 Å². The summed E-state index contributed by atoms with van der Waals surface area (Å²) in [5, 5.41) is 2.92. The fraction of sp³-hybridized carbons (Fsp3) is 0.464. The molecule has 1 heterocycles. The van der Waals surface area contributed by atoms with E-state index in [0.29, 0.717) is 35.7 Å². The van der Waals surface area contributed by atoms with Crippen molar-refractivity contribution in [3.8, 4) is 5.75 Å². The summed E-state index contributed by atoms with van der Waals surface area (Å²) in [5.74, 6) is 0.119. The summed E-state index contributed by atoms with van der Waals surface area (Å²) in [6.45, 7) is 4.96. The molecule has 1 fully saturated rings. The van der Waals surface area contributed by atoms with Gasteiger partial charge < -0.3 is 24.6 Å². The molecule has 2 aromatic rings. The summed E-state index contributed by atoms with van der Waals surface area (Å²) in [6, 6.07) is 14.0. The van der Waals surface area contributed by atoms with Gasteiger partial charge in [0.2, 0.25) is 5.91 Å². The van der Waals surface area contributed by atoms with Gasteiger partial charge >= 0.3 is 0 Å². The van der Waals surface area contributed by atoms with Crippen molar-refractivity contribution in [2.75, 3.05) is 39.2 Å². The minimum Gasteiger partial charge on any atom is -0.491 e. The fourth-order valence-electron chi connectivity index (χ4n) is 4.47. The number of hydrogen-bond donors (Lipinski definition) is 1. The lowest BCUT2D eigenvalue weighted by Crippen LogP contribution is -2.48. The first-order chi connectivity index (χ1) is 17.3. The molecule has 0 unspecified atom stereocenters. The lowest BCUT2D eigenvalue weighted by atomic mass is 10.0. The van der Waals surface area contributed by atoms with Gasteiger partial charge in [-0.3, -0.25) is 14.4 Å². The summed E-state index contributed by atoms with van der Waals surface area (Å²) >= 11 is 0. The summed E-state index contributed by atoms with van der Waals surface area (Å²) < 4.78 is 11.9. The van der Waals surface area contributed by atoms with Crippen molar-refractivity contribution < 1.29 is 23.9 Å². The Balaban J connectivity index is 1.66. The molecule has 4 rings (SSSR count). The second kappa shape index (κ2) is 11.1. The van der Waals surface area contributed by atoms with Crippen molar-refractivity contribution in [3.05, 3.63) is 59.7 Å². The maximum absolute atomic E-state index is 13.5. The van der Waals surface area contributed by atoms with Crippen LogP contribution in [0.4, 0.5) is 5.69 Å². The molecule has 0 spiro atoms. The normalized spacial score (nSPS) is 23.1. The Morgan fingerprint density at radius 1 is 1.06 bits per heavy atom. The molecular formula is C28H35N3O5. The van der Waals surface area contributed by atoms with Crippen molar-refractivity contribution >= 4 is 23.4 Å². The van der Waals surface area contributed by atoms with E-state index in [4.69, 9.17) is 9.47 Å². The Bertz CT molecular complexity index is 1100. The molecule has 1 aliphatic heterocycles. The molecule has 2 aliphatic rings. The second-order valence-electron chi connectivity index (χ2n) is 9.90. The molecule has 0 aromatic heterocycles. The molecule has 2 aromatic carbocycles. The Morgan fingerprint density at radius 2 is 1.78 bits per heavy atom. The van der Waals surface area contributed by atoms with Crippen molar-refractivity contribution in [2.24, 2.45) is 11.8 Å². The Morgan fingerprint density at radius 3 is 2.44 bits per heavy atom. The number of rotatable bonds is 4. The van der Waals surface area contributed by atoms with Gasteiger partial charge in [0.05, 0.1) is 17.7 Å². The molecule has 1 saturated carbocycles. The topological polar surface area (TPSA) is 88.2 Å². The number of ether oxygens (including phenoxy) is 2. The van der Waals surface area contributed by atoms with Gasteiger partial charge in [0.25, 0.3) is 11.8 Å². The number of fused-ring (bicyclic) bond motifs is 1. The maximum Gasteiger partial charge on any atom is 0.257 e. The molecule has 3 amide bonds. The average molecular weight is 494 g/mol. The van der Waals surface area contributed by atoms with E-state index in [2.05, 4.69) is 5.32 Å². The number of nitrogens with zero attached hydrogens (tertiary/aromatic N) is 2. The van der Waals surface area contributed by atoms with Gasteiger partial charge in [0.1, 0.15) is 12.4 Å². The van der Waals surface area contributed by atoms with E-state index in [9.17, 15) is 14.4 Å². The predicted octanol–water partition coefficient (Wildman–Crippen LogP) is 3.68. The van der Waals surface area contributed by atoms with E-state index in [1.54, 1.807) is 49.4 Å². The number of likely N-dealkylation sites (N-methyl/N-ethyl adjacent to an activating group) is 1. The third kappa shape index (κ3) is 5.87. The number of anilines is 1. The lowest BCUT2D eigenvalue weighted by molar-refractivity contribution is -0.117. The van der Waals surface area contributed by atoms with Crippen LogP contribution in [0.15, 0.2) is 48.5 Å². The van der Waals surface area contributed by atoms with Gasteiger partial charge in [0.15, 0.2) is 0 Å². The van der Waals surface area contributed by atoms with Crippen molar-refractivity contribution in [1.82, 2.24) is 9.80 Å². The van der Waals surface area contributed by atoms with Crippen LogP contribution >= 0.6 is 0 Å². The molecule has 0 saturated heterocycles.